The van der Waals surface area contributed by atoms with Gasteiger partial charge >= 0.3 is 0 Å². The Morgan fingerprint density at radius 3 is 2.12 bits per heavy atom. The van der Waals surface area contributed by atoms with Crippen LogP contribution in [0.15, 0.2) is 70.5 Å². The summed E-state index contributed by atoms with van der Waals surface area (Å²) in [6.45, 7) is 5.81. The van der Waals surface area contributed by atoms with Crippen LogP contribution in [0.1, 0.15) is 22.3 Å². The Morgan fingerprint density at radius 2 is 1.58 bits per heavy atom. The second-order valence-corrected chi connectivity index (χ2v) is 9.76. The normalized spacial score (nSPS) is 13.1. The van der Waals surface area contributed by atoms with E-state index in [0.29, 0.717) is 31.9 Å². The van der Waals surface area contributed by atoms with Gasteiger partial charge in [0.05, 0.1) is 24.0 Å². The van der Waals surface area contributed by atoms with Crippen molar-refractivity contribution in [2.75, 3.05) is 26.3 Å². The fourth-order valence-electron chi connectivity index (χ4n) is 3.10. The summed E-state index contributed by atoms with van der Waals surface area (Å²) in [4.78, 5) is 1.62. The topological polar surface area (TPSA) is 69.0 Å². The summed E-state index contributed by atoms with van der Waals surface area (Å²) in [5.74, 6) is 0. The lowest BCUT2D eigenvalue weighted by Crippen LogP contribution is -2.30. The molecule has 3 aromatic carbocycles. The molecule has 0 spiro atoms. The van der Waals surface area contributed by atoms with Crippen molar-refractivity contribution in [3.8, 4) is 0 Å². The SMILES string of the molecule is C1COCCN1.Cc1ccc(C(=N)c2ccccc2C(=N)Sc2cc(Cl)cc(Cl)c2)cc1S. The summed E-state index contributed by atoms with van der Waals surface area (Å²) in [6, 6.07) is 18.4. The molecule has 4 rings (SSSR count). The van der Waals surface area contributed by atoms with Gasteiger partial charge in [-0.15, -0.1) is 12.6 Å². The van der Waals surface area contributed by atoms with Crippen LogP contribution in [0.3, 0.4) is 0 Å². The summed E-state index contributed by atoms with van der Waals surface area (Å²) in [7, 11) is 0. The predicted octanol–water partition coefficient (Wildman–Crippen LogP) is 6.73. The molecule has 8 heteroatoms. The Labute approximate surface area is 214 Å². The highest BCUT2D eigenvalue weighted by Gasteiger charge is 2.15. The fraction of sp³-hybridized carbons (Fsp3) is 0.200. The van der Waals surface area contributed by atoms with Gasteiger partial charge in [0.2, 0.25) is 0 Å². The number of halogens is 2. The Bertz CT molecular complexity index is 1120. The lowest BCUT2D eigenvalue weighted by molar-refractivity contribution is 0.109. The van der Waals surface area contributed by atoms with Crippen molar-refractivity contribution in [2.45, 2.75) is 16.7 Å². The molecule has 0 atom stereocenters. The standard InChI is InChI=1S/C21H16Cl2N2S2.C4H9NO/c1-12-6-7-13(8-19(12)26)20(24)17-4-2-3-5-18(17)21(25)27-16-10-14(22)9-15(23)11-16;1-3-6-4-2-5-1/h2-11,24-26H,1H3;5H,1-4H2. The van der Waals surface area contributed by atoms with Crippen LogP contribution in [0.5, 0.6) is 0 Å². The first-order chi connectivity index (χ1) is 15.8. The van der Waals surface area contributed by atoms with Gasteiger partial charge in [-0.25, -0.2) is 0 Å². The first-order valence-corrected chi connectivity index (χ1v) is 12.4. The van der Waals surface area contributed by atoms with Gasteiger partial charge in [-0.2, -0.15) is 0 Å². The Balaban J connectivity index is 0.000000442. The van der Waals surface area contributed by atoms with Crippen LogP contribution in [-0.2, 0) is 4.74 Å². The van der Waals surface area contributed by atoms with Gasteiger partial charge in [-0.05, 0) is 36.8 Å². The summed E-state index contributed by atoms with van der Waals surface area (Å²) < 4.78 is 5.01. The Kier molecular flexibility index (Phi) is 9.86. The van der Waals surface area contributed by atoms with E-state index in [9.17, 15) is 0 Å². The van der Waals surface area contributed by atoms with Gasteiger partial charge in [0.25, 0.3) is 0 Å². The average molecular weight is 519 g/mol. The molecule has 1 heterocycles. The maximum atomic E-state index is 8.64. The third-order valence-corrected chi connectivity index (χ3v) is 6.65. The molecule has 3 aromatic rings. The molecular formula is C25H25Cl2N3OS2. The number of morpholine rings is 1. The first kappa shape index (κ1) is 25.8. The summed E-state index contributed by atoms with van der Waals surface area (Å²) in [5, 5.41) is 21.7. The van der Waals surface area contributed by atoms with Crippen molar-refractivity contribution in [1.82, 2.24) is 5.32 Å². The lowest BCUT2D eigenvalue weighted by atomic mass is 9.97. The molecule has 1 fully saturated rings. The highest BCUT2D eigenvalue weighted by atomic mass is 35.5. The number of thioether (sulfide) groups is 1. The van der Waals surface area contributed by atoms with Crippen LogP contribution in [0.2, 0.25) is 10.0 Å². The molecule has 1 saturated heterocycles. The molecule has 1 aliphatic heterocycles. The maximum Gasteiger partial charge on any atom is 0.0997 e. The average Bonchev–Trinajstić information content (AvgIpc) is 2.81. The quantitative estimate of drug-likeness (QED) is 0.134. The second-order valence-electron chi connectivity index (χ2n) is 7.32. The van der Waals surface area contributed by atoms with Gasteiger partial charge in [-0.3, -0.25) is 10.8 Å². The van der Waals surface area contributed by atoms with E-state index in [1.54, 1.807) is 18.2 Å². The zero-order valence-electron chi connectivity index (χ0n) is 18.1. The zero-order chi connectivity index (χ0) is 23.8. The highest BCUT2D eigenvalue weighted by molar-refractivity contribution is 8.14. The molecule has 33 heavy (non-hydrogen) atoms. The predicted molar refractivity (Wildman–Crippen MR) is 144 cm³/mol. The molecule has 0 amide bonds. The largest absolute Gasteiger partial charge is 0.379 e. The Morgan fingerprint density at radius 1 is 0.939 bits per heavy atom. The molecule has 0 aliphatic carbocycles. The van der Waals surface area contributed by atoms with Crippen molar-refractivity contribution in [2.24, 2.45) is 0 Å². The van der Waals surface area contributed by atoms with E-state index in [1.807, 2.05) is 49.4 Å². The molecular weight excluding hydrogens is 493 g/mol. The van der Waals surface area contributed by atoms with Crippen LogP contribution >= 0.6 is 47.6 Å². The third kappa shape index (κ3) is 7.60. The van der Waals surface area contributed by atoms with E-state index in [2.05, 4.69) is 17.9 Å². The lowest BCUT2D eigenvalue weighted by Gasteiger charge is -2.13. The van der Waals surface area contributed by atoms with Gasteiger partial charge < -0.3 is 10.1 Å². The molecule has 0 radical (unpaired) electrons. The van der Waals surface area contributed by atoms with Gasteiger partial charge in [-0.1, -0.05) is 71.4 Å². The van der Waals surface area contributed by atoms with Crippen LogP contribution in [0, 0.1) is 17.7 Å². The summed E-state index contributed by atoms with van der Waals surface area (Å²) in [6.07, 6.45) is 0. The van der Waals surface area contributed by atoms with Crippen molar-refractivity contribution >= 4 is 58.3 Å². The fourth-order valence-corrected chi connectivity index (χ4v) is 4.86. The smallest absolute Gasteiger partial charge is 0.0997 e. The Hall–Kier alpha value is -1.80. The van der Waals surface area contributed by atoms with Crippen molar-refractivity contribution in [3.05, 3.63) is 93.0 Å². The molecule has 1 aliphatic rings. The summed E-state index contributed by atoms with van der Waals surface area (Å²) >= 11 is 17.8. The number of benzene rings is 3. The summed E-state index contributed by atoms with van der Waals surface area (Å²) in [5.41, 5.74) is 3.56. The minimum atomic E-state index is 0.326. The zero-order valence-corrected chi connectivity index (χ0v) is 21.3. The van der Waals surface area contributed by atoms with Gasteiger partial charge in [0, 0.05) is 49.6 Å². The van der Waals surface area contributed by atoms with Crippen LogP contribution < -0.4 is 5.32 Å². The van der Waals surface area contributed by atoms with Gasteiger partial charge in [0.15, 0.2) is 0 Å². The monoisotopic (exact) mass is 517 g/mol. The van der Waals surface area contributed by atoms with E-state index in [4.69, 9.17) is 38.8 Å². The van der Waals surface area contributed by atoms with E-state index in [-0.39, 0.29) is 0 Å². The number of nitrogens with one attached hydrogen (secondary N) is 3. The highest BCUT2D eigenvalue weighted by Crippen LogP contribution is 2.30. The third-order valence-electron chi connectivity index (χ3n) is 4.84. The number of hydrogen-bond acceptors (Lipinski definition) is 6. The maximum absolute atomic E-state index is 8.64. The van der Waals surface area contributed by atoms with E-state index < -0.39 is 0 Å². The van der Waals surface area contributed by atoms with E-state index in [1.165, 1.54) is 11.8 Å². The molecule has 172 valence electrons. The number of aryl methyl sites for hydroxylation is 1. The number of ether oxygens (including phenoxy) is 1. The van der Waals surface area contributed by atoms with Gasteiger partial charge in [0.1, 0.15) is 0 Å². The molecule has 0 saturated carbocycles. The van der Waals surface area contributed by atoms with Crippen LogP contribution in [0.25, 0.3) is 0 Å². The second kappa shape index (κ2) is 12.6. The van der Waals surface area contributed by atoms with Crippen LogP contribution in [-0.4, -0.2) is 37.1 Å². The van der Waals surface area contributed by atoms with E-state index >= 15 is 0 Å². The molecule has 3 N–H and O–H groups in total. The molecule has 0 bridgehead atoms. The number of thiol groups is 1. The van der Waals surface area contributed by atoms with Crippen molar-refractivity contribution in [1.29, 1.82) is 10.8 Å². The minimum Gasteiger partial charge on any atom is -0.379 e. The molecule has 4 nitrogen and oxygen atoms in total. The van der Waals surface area contributed by atoms with Crippen molar-refractivity contribution in [3.63, 3.8) is 0 Å². The van der Waals surface area contributed by atoms with Crippen LogP contribution in [0.4, 0.5) is 0 Å². The first-order valence-electron chi connectivity index (χ1n) is 10.3. The molecule has 0 aromatic heterocycles. The minimum absolute atomic E-state index is 0.326. The molecule has 0 unspecified atom stereocenters. The number of hydrogen-bond donors (Lipinski definition) is 4. The van der Waals surface area contributed by atoms with E-state index in [0.717, 1.165) is 47.2 Å². The number of rotatable bonds is 4. The van der Waals surface area contributed by atoms with Crippen molar-refractivity contribution < 1.29 is 4.74 Å².